The summed E-state index contributed by atoms with van der Waals surface area (Å²) in [7, 11) is 0. The molecule has 0 bridgehead atoms. The highest BCUT2D eigenvalue weighted by molar-refractivity contribution is 4.97. The van der Waals surface area contributed by atoms with Crippen LogP contribution in [0.2, 0.25) is 0 Å². The number of nitrogens with zero attached hydrogens (tertiary/aromatic N) is 1. The first-order valence-electron chi connectivity index (χ1n) is 8.44. The lowest BCUT2D eigenvalue weighted by atomic mass is 9.78. The third kappa shape index (κ3) is 3.94. The van der Waals surface area contributed by atoms with Crippen molar-refractivity contribution in [2.45, 2.75) is 70.1 Å². The number of nitrogens with one attached hydrogen (secondary N) is 1. The van der Waals surface area contributed by atoms with Gasteiger partial charge in [0.25, 0.3) is 0 Å². The molecule has 0 spiro atoms. The minimum absolute atomic E-state index is 0.0333. The molecule has 2 fully saturated rings. The van der Waals surface area contributed by atoms with Gasteiger partial charge in [0.1, 0.15) is 0 Å². The highest BCUT2D eigenvalue weighted by Crippen LogP contribution is 2.32. The van der Waals surface area contributed by atoms with E-state index in [1.54, 1.807) is 0 Å². The predicted octanol–water partition coefficient (Wildman–Crippen LogP) is 1.77. The number of aliphatic hydroxyl groups is 1. The van der Waals surface area contributed by atoms with E-state index in [1.165, 1.54) is 12.8 Å². The molecule has 1 aliphatic carbocycles. The largest absolute Gasteiger partial charge is 0.394 e. The standard InChI is InChI=1S/C16H32N2O2/c1-3-17-16(13-19)9-5-6-14(12-16)18-10-7-15(8-11-18)20-4-2/h14-15,17,19H,3-13H2,1-2H3. The Morgan fingerprint density at radius 1 is 1.25 bits per heavy atom. The van der Waals surface area contributed by atoms with Crippen LogP contribution in [-0.4, -0.2) is 60.5 Å². The number of aliphatic hydroxyl groups excluding tert-OH is 1. The lowest BCUT2D eigenvalue weighted by molar-refractivity contribution is -0.0116. The smallest absolute Gasteiger partial charge is 0.0613 e. The Hall–Kier alpha value is -0.160. The summed E-state index contributed by atoms with van der Waals surface area (Å²) in [6.07, 6.45) is 7.52. The second kappa shape index (κ2) is 7.74. The molecule has 20 heavy (non-hydrogen) atoms. The fraction of sp³-hybridized carbons (Fsp3) is 1.00. The average molecular weight is 284 g/mol. The van der Waals surface area contributed by atoms with Crippen molar-refractivity contribution in [1.29, 1.82) is 0 Å². The molecular formula is C16H32N2O2. The molecule has 4 nitrogen and oxygen atoms in total. The number of ether oxygens (including phenoxy) is 1. The highest BCUT2D eigenvalue weighted by atomic mass is 16.5. The summed E-state index contributed by atoms with van der Waals surface area (Å²) in [5.74, 6) is 0. The van der Waals surface area contributed by atoms with E-state index in [4.69, 9.17) is 4.74 Å². The molecule has 2 atom stereocenters. The van der Waals surface area contributed by atoms with Crippen molar-refractivity contribution >= 4 is 0 Å². The van der Waals surface area contributed by atoms with Crippen molar-refractivity contribution in [2.75, 3.05) is 32.8 Å². The average Bonchev–Trinajstić information content (AvgIpc) is 2.49. The molecule has 2 aliphatic rings. The summed E-state index contributed by atoms with van der Waals surface area (Å²) in [6, 6.07) is 0.637. The Morgan fingerprint density at radius 2 is 2.00 bits per heavy atom. The van der Waals surface area contributed by atoms with Crippen molar-refractivity contribution < 1.29 is 9.84 Å². The first-order valence-corrected chi connectivity index (χ1v) is 8.44. The van der Waals surface area contributed by atoms with Gasteiger partial charge in [-0.05, 0) is 52.0 Å². The van der Waals surface area contributed by atoms with Gasteiger partial charge in [-0.3, -0.25) is 0 Å². The molecule has 0 radical (unpaired) electrons. The fourth-order valence-electron chi connectivity index (χ4n) is 4.02. The van der Waals surface area contributed by atoms with E-state index in [2.05, 4.69) is 24.1 Å². The molecule has 1 aliphatic heterocycles. The van der Waals surface area contributed by atoms with E-state index in [-0.39, 0.29) is 12.1 Å². The van der Waals surface area contributed by atoms with Gasteiger partial charge in [-0.1, -0.05) is 6.92 Å². The Balaban J connectivity index is 1.86. The van der Waals surface area contributed by atoms with E-state index in [1.807, 2.05) is 0 Å². The van der Waals surface area contributed by atoms with Crippen LogP contribution in [0.1, 0.15) is 52.4 Å². The Labute approximate surface area is 123 Å². The van der Waals surface area contributed by atoms with Crippen LogP contribution in [0.3, 0.4) is 0 Å². The third-order valence-electron chi connectivity index (χ3n) is 5.07. The van der Waals surface area contributed by atoms with Crippen LogP contribution in [-0.2, 0) is 4.74 Å². The summed E-state index contributed by atoms with van der Waals surface area (Å²) in [5.41, 5.74) is -0.0333. The van der Waals surface area contributed by atoms with E-state index in [9.17, 15) is 5.11 Å². The molecule has 0 aromatic carbocycles. The van der Waals surface area contributed by atoms with Crippen molar-refractivity contribution in [3.8, 4) is 0 Å². The van der Waals surface area contributed by atoms with Crippen LogP contribution in [0.25, 0.3) is 0 Å². The molecule has 2 rings (SSSR count). The molecule has 1 saturated carbocycles. The predicted molar refractivity (Wildman–Crippen MR) is 82.0 cm³/mol. The van der Waals surface area contributed by atoms with Crippen LogP contribution in [0.15, 0.2) is 0 Å². The van der Waals surface area contributed by atoms with Gasteiger partial charge in [0, 0.05) is 31.3 Å². The summed E-state index contributed by atoms with van der Waals surface area (Å²) in [6.45, 7) is 8.58. The van der Waals surface area contributed by atoms with Crippen LogP contribution in [0.4, 0.5) is 0 Å². The third-order valence-corrected chi connectivity index (χ3v) is 5.07. The minimum Gasteiger partial charge on any atom is -0.394 e. The van der Waals surface area contributed by atoms with E-state index in [0.717, 1.165) is 51.9 Å². The highest BCUT2D eigenvalue weighted by Gasteiger charge is 2.38. The summed E-state index contributed by atoms with van der Waals surface area (Å²) in [5, 5.41) is 13.3. The minimum atomic E-state index is -0.0333. The zero-order chi connectivity index (χ0) is 14.4. The van der Waals surface area contributed by atoms with Crippen molar-refractivity contribution in [1.82, 2.24) is 10.2 Å². The number of rotatable bonds is 6. The summed E-state index contributed by atoms with van der Waals surface area (Å²) < 4.78 is 5.74. The first-order chi connectivity index (χ1) is 9.73. The van der Waals surface area contributed by atoms with Gasteiger partial charge in [0.05, 0.1) is 12.7 Å². The van der Waals surface area contributed by atoms with Gasteiger partial charge in [-0.15, -0.1) is 0 Å². The molecule has 118 valence electrons. The van der Waals surface area contributed by atoms with E-state index in [0.29, 0.717) is 12.1 Å². The molecule has 1 heterocycles. The Morgan fingerprint density at radius 3 is 2.60 bits per heavy atom. The zero-order valence-electron chi connectivity index (χ0n) is 13.2. The molecule has 0 aromatic rings. The molecule has 0 amide bonds. The van der Waals surface area contributed by atoms with Gasteiger partial charge in [0.15, 0.2) is 0 Å². The number of hydrogen-bond acceptors (Lipinski definition) is 4. The van der Waals surface area contributed by atoms with E-state index >= 15 is 0 Å². The first kappa shape index (κ1) is 16.2. The zero-order valence-corrected chi connectivity index (χ0v) is 13.2. The normalized spacial score (nSPS) is 33.5. The molecule has 0 aromatic heterocycles. The van der Waals surface area contributed by atoms with Crippen molar-refractivity contribution in [2.24, 2.45) is 0 Å². The second-order valence-corrected chi connectivity index (χ2v) is 6.41. The molecule has 4 heteroatoms. The molecular weight excluding hydrogens is 252 g/mol. The van der Waals surface area contributed by atoms with Gasteiger partial charge >= 0.3 is 0 Å². The van der Waals surface area contributed by atoms with Crippen molar-refractivity contribution in [3.63, 3.8) is 0 Å². The topological polar surface area (TPSA) is 44.7 Å². The van der Waals surface area contributed by atoms with Gasteiger partial charge in [0.2, 0.25) is 0 Å². The second-order valence-electron chi connectivity index (χ2n) is 6.41. The van der Waals surface area contributed by atoms with Crippen LogP contribution in [0, 0.1) is 0 Å². The van der Waals surface area contributed by atoms with Gasteiger partial charge < -0.3 is 20.1 Å². The Kier molecular flexibility index (Phi) is 6.27. The van der Waals surface area contributed by atoms with Gasteiger partial charge in [-0.2, -0.15) is 0 Å². The summed E-state index contributed by atoms with van der Waals surface area (Å²) in [4.78, 5) is 2.64. The molecule has 2 N–H and O–H groups in total. The summed E-state index contributed by atoms with van der Waals surface area (Å²) >= 11 is 0. The number of likely N-dealkylation sites (tertiary alicyclic amines) is 1. The lowest BCUT2D eigenvalue weighted by Crippen LogP contribution is -2.56. The SMILES string of the molecule is CCNC1(CO)CCCC(N2CCC(OCC)CC2)C1. The van der Waals surface area contributed by atoms with Gasteiger partial charge in [-0.25, -0.2) is 0 Å². The number of piperidine rings is 1. The monoisotopic (exact) mass is 284 g/mol. The number of likely N-dealkylation sites (N-methyl/N-ethyl adjacent to an activating group) is 1. The maximum Gasteiger partial charge on any atom is 0.0613 e. The van der Waals surface area contributed by atoms with E-state index < -0.39 is 0 Å². The lowest BCUT2D eigenvalue weighted by Gasteiger charge is -2.46. The van der Waals surface area contributed by atoms with Crippen molar-refractivity contribution in [3.05, 3.63) is 0 Å². The molecule has 1 saturated heterocycles. The fourth-order valence-corrected chi connectivity index (χ4v) is 4.02. The maximum atomic E-state index is 9.80. The van der Waals surface area contributed by atoms with Crippen LogP contribution in [0.5, 0.6) is 0 Å². The molecule has 2 unspecified atom stereocenters. The Bertz CT molecular complexity index is 276. The quantitative estimate of drug-likeness (QED) is 0.780. The number of hydrogen-bond donors (Lipinski definition) is 2. The van der Waals surface area contributed by atoms with Crippen LogP contribution < -0.4 is 5.32 Å². The van der Waals surface area contributed by atoms with Crippen LogP contribution >= 0.6 is 0 Å². The maximum absolute atomic E-state index is 9.80.